The average molecular weight is 229 g/mol. The van der Waals surface area contributed by atoms with Crippen LogP contribution in [-0.4, -0.2) is 10.8 Å². The summed E-state index contributed by atoms with van der Waals surface area (Å²) in [5.41, 5.74) is 1.32. The lowest BCUT2D eigenvalue weighted by molar-refractivity contribution is -0.125. The van der Waals surface area contributed by atoms with Gasteiger partial charge in [0.1, 0.15) is 5.78 Å². The summed E-state index contributed by atoms with van der Waals surface area (Å²) in [6.45, 7) is 0. The second-order valence-corrected chi connectivity index (χ2v) is 5.45. The first-order valence-electron chi connectivity index (χ1n) is 6.80. The fraction of sp³-hybridized carbons (Fsp3) is 0.600. The smallest absolute Gasteiger partial charge is 0.139 e. The molecule has 1 aromatic heterocycles. The zero-order valence-corrected chi connectivity index (χ0v) is 10.1. The molecule has 0 bridgehead atoms. The lowest BCUT2D eigenvalue weighted by Gasteiger charge is -2.30. The number of hydrogen-bond acceptors (Lipinski definition) is 2. The molecule has 2 saturated carbocycles. The van der Waals surface area contributed by atoms with Gasteiger partial charge in [-0.3, -0.25) is 9.78 Å². The molecule has 1 heterocycles. The molecule has 1 aromatic rings. The van der Waals surface area contributed by atoms with E-state index in [4.69, 9.17) is 0 Å². The van der Waals surface area contributed by atoms with Crippen LogP contribution in [0.5, 0.6) is 0 Å². The third-order valence-corrected chi connectivity index (χ3v) is 4.25. The Morgan fingerprint density at radius 1 is 1.06 bits per heavy atom. The number of rotatable bonds is 3. The molecule has 2 heteroatoms. The highest BCUT2D eigenvalue weighted by Crippen LogP contribution is 2.43. The molecule has 17 heavy (non-hydrogen) atoms. The van der Waals surface area contributed by atoms with Crippen molar-refractivity contribution in [3.8, 4) is 0 Å². The quantitative estimate of drug-likeness (QED) is 0.795. The third kappa shape index (κ3) is 2.26. The molecule has 2 aliphatic rings. The van der Waals surface area contributed by atoms with E-state index < -0.39 is 0 Å². The number of hydrogen-bond donors (Lipinski definition) is 0. The van der Waals surface area contributed by atoms with Crippen molar-refractivity contribution < 1.29 is 4.79 Å². The maximum Gasteiger partial charge on any atom is 0.139 e. The molecule has 0 N–H and O–H groups in total. The van der Waals surface area contributed by atoms with Crippen molar-refractivity contribution in [1.29, 1.82) is 0 Å². The van der Waals surface area contributed by atoms with Gasteiger partial charge >= 0.3 is 0 Å². The lowest BCUT2D eigenvalue weighted by Crippen LogP contribution is -2.26. The Hall–Kier alpha value is -1.18. The second-order valence-electron chi connectivity index (χ2n) is 5.45. The summed E-state index contributed by atoms with van der Waals surface area (Å²) in [7, 11) is 0. The summed E-state index contributed by atoms with van der Waals surface area (Å²) in [5.74, 6) is 1.70. The van der Waals surface area contributed by atoms with Gasteiger partial charge in [-0.1, -0.05) is 12.8 Å². The van der Waals surface area contributed by atoms with Crippen molar-refractivity contribution in [3.63, 3.8) is 0 Å². The molecule has 2 atom stereocenters. The third-order valence-electron chi connectivity index (χ3n) is 4.25. The van der Waals surface area contributed by atoms with Gasteiger partial charge in [0, 0.05) is 24.2 Å². The standard InChI is InChI=1S/C15H19NO/c17-15(12-5-6-12)14-4-2-1-3-13(14)11-7-9-16-10-8-11/h7-10,12-14H,1-6H2/t13-,14+/m1/s1. The predicted molar refractivity (Wildman–Crippen MR) is 66.7 cm³/mol. The van der Waals surface area contributed by atoms with Gasteiger partial charge in [0.15, 0.2) is 0 Å². The van der Waals surface area contributed by atoms with Crippen LogP contribution in [0.1, 0.15) is 50.0 Å². The van der Waals surface area contributed by atoms with E-state index in [0.29, 0.717) is 23.5 Å². The molecule has 0 unspecified atom stereocenters. The van der Waals surface area contributed by atoms with Crippen molar-refractivity contribution in [3.05, 3.63) is 30.1 Å². The zero-order valence-electron chi connectivity index (χ0n) is 10.1. The number of carbonyl (C=O) groups excluding carboxylic acids is 1. The highest BCUT2D eigenvalue weighted by atomic mass is 16.1. The Kier molecular flexibility index (Phi) is 2.96. The topological polar surface area (TPSA) is 30.0 Å². The molecule has 0 amide bonds. The van der Waals surface area contributed by atoms with Crippen LogP contribution in [0.4, 0.5) is 0 Å². The summed E-state index contributed by atoms with van der Waals surface area (Å²) >= 11 is 0. The number of carbonyl (C=O) groups is 1. The maximum absolute atomic E-state index is 12.3. The Balaban J connectivity index is 1.82. The SMILES string of the molecule is O=C(C1CC1)[C@H]1CCCC[C@@H]1c1ccncc1. The first kappa shape index (κ1) is 10.9. The minimum Gasteiger partial charge on any atom is -0.299 e. The zero-order chi connectivity index (χ0) is 11.7. The second kappa shape index (κ2) is 4.59. The van der Waals surface area contributed by atoms with Crippen LogP contribution in [0.3, 0.4) is 0 Å². The summed E-state index contributed by atoms with van der Waals surface area (Å²) < 4.78 is 0. The minimum atomic E-state index is 0.290. The summed E-state index contributed by atoms with van der Waals surface area (Å²) in [5, 5.41) is 0. The molecule has 90 valence electrons. The van der Waals surface area contributed by atoms with Crippen molar-refractivity contribution in [2.45, 2.75) is 44.4 Å². The minimum absolute atomic E-state index is 0.290. The molecule has 2 aliphatic carbocycles. The summed E-state index contributed by atoms with van der Waals surface area (Å²) in [6, 6.07) is 4.17. The van der Waals surface area contributed by atoms with Crippen molar-refractivity contribution in [1.82, 2.24) is 4.98 Å². The van der Waals surface area contributed by atoms with Crippen molar-refractivity contribution >= 4 is 5.78 Å². The molecular weight excluding hydrogens is 210 g/mol. The molecule has 0 aromatic carbocycles. The largest absolute Gasteiger partial charge is 0.299 e. The van der Waals surface area contributed by atoms with Crippen molar-refractivity contribution in [2.75, 3.05) is 0 Å². The molecule has 3 rings (SSSR count). The van der Waals surface area contributed by atoms with Crippen LogP contribution in [0.2, 0.25) is 0 Å². The molecule has 2 fully saturated rings. The van der Waals surface area contributed by atoms with Gasteiger partial charge in [-0.05, 0) is 49.3 Å². The highest BCUT2D eigenvalue weighted by molar-refractivity contribution is 5.86. The lowest BCUT2D eigenvalue weighted by atomic mass is 9.73. The van der Waals surface area contributed by atoms with Gasteiger partial charge in [0.05, 0.1) is 0 Å². The molecule has 0 aliphatic heterocycles. The van der Waals surface area contributed by atoms with E-state index in [1.165, 1.54) is 24.8 Å². The molecule has 0 saturated heterocycles. The first-order valence-corrected chi connectivity index (χ1v) is 6.80. The van der Waals surface area contributed by atoms with Gasteiger partial charge < -0.3 is 0 Å². The van der Waals surface area contributed by atoms with Gasteiger partial charge in [0.2, 0.25) is 0 Å². The number of pyridine rings is 1. The van der Waals surface area contributed by atoms with E-state index in [9.17, 15) is 4.79 Å². The molecule has 0 radical (unpaired) electrons. The summed E-state index contributed by atoms with van der Waals surface area (Å²) in [6.07, 6.45) is 10.7. The molecular formula is C15H19NO. The van der Waals surface area contributed by atoms with Crippen LogP contribution in [0.25, 0.3) is 0 Å². The highest BCUT2D eigenvalue weighted by Gasteiger charge is 2.39. The Labute approximate surface area is 102 Å². The normalized spacial score (nSPS) is 28.9. The predicted octanol–water partition coefficient (Wildman–Crippen LogP) is 3.33. The van der Waals surface area contributed by atoms with Gasteiger partial charge in [-0.2, -0.15) is 0 Å². The van der Waals surface area contributed by atoms with Crippen molar-refractivity contribution in [2.24, 2.45) is 11.8 Å². The van der Waals surface area contributed by atoms with E-state index in [2.05, 4.69) is 17.1 Å². The van der Waals surface area contributed by atoms with Crippen LogP contribution < -0.4 is 0 Å². The van der Waals surface area contributed by atoms with Gasteiger partial charge in [-0.25, -0.2) is 0 Å². The van der Waals surface area contributed by atoms with E-state index in [0.717, 1.165) is 19.3 Å². The van der Waals surface area contributed by atoms with Gasteiger partial charge in [0.25, 0.3) is 0 Å². The van der Waals surface area contributed by atoms with Crippen LogP contribution >= 0.6 is 0 Å². The van der Waals surface area contributed by atoms with E-state index >= 15 is 0 Å². The Morgan fingerprint density at radius 3 is 2.47 bits per heavy atom. The Bertz CT molecular complexity index is 397. The van der Waals surface area contributed by atoms with E-state index in [1.807, 2.05) is 12.4 Å². The molecule has 2 nitrogen and oxygen atoms in total. The van der Waals surface area contributed by atoms with Crippen LogP contribution in [-0.2, 0) is 4.79 Å². The summed E-state index contributed by atoms with van der Waals surface area (Å²) in [4.78, 5) is 16.4. The Morgan fingerprint density at radius 2 is 1.76 bits per heavy atom. The first-order chi connectivity index (χ1) is 8.36. The maximum atomic E-state index is 12.3. The number of Topliss-reactive ketones (excluding diaryl/α,β-unsaturated/α-hetero) is 1. The average Bonchev–Trinajstić information content (AvgIpc) is 3.23. The van der Waals surface area contributed by atoms with E-state index in [-0.39, 0.29) is 0 Å². The van der Waals surface area contributed by atoms with E-state index in [1.54, 1.807) is 0 Å². The fourth-order valence-electron chi connectivity index (χ4n) is 3.15. The molecule has 0 spiro atoms. The monoisotopic (exact) mass is 229 g/mol. The number of ketones is 1. The number of nitrogens with zero attached hydrogens (tertiary/aromatic N) is 1. The van der Waals surface area contributed by atoms with Crippen LogP contribution in [0, 0.1) is 11.8 Å². The van der Waals surface area contributed by atoms with Gasteiger partial charge in [-0.15, -0.1) is 0 Å². The fourth-order valence-corrected chi connectivity index (χ4v) is 3.15. The number of aromatic nitrogens is 1. The van der Waals surface area contributed by atoms with Crippen LogP contribution in [0.15, 0.2) is 24.5 Å².